The Bertz CT molecular complexity index is 1230. The molecule has 8 nitrogen and oxygen atoms in total. The fourth-order valence-corrected chi connectivity index (χ4v) is 5.24. The molecule has 36 heavy (non-hydrogen) atoms. The van der Waals surface area contributed by atoms with Gasteiger partial charge in [0.1, 0.15) is 0 Å². The van der Waals surface area contributed by atoms with Gasteiger partial charge in [0.05, 0.1) is 18.1 Å². The Morgan fingerprint density at radius 3 is 2.67 bits per heavy atom. The predicted octanol–water partition coefficient (Wildman–Crippen LogP) is 4.40. The van der Waals surface area contributed by atoms with E-state index in [0.717, 1.165) is 25.8 Å². The quantitative estimate of drug-likeness (QED) is 0.284. The van der Waals surface area contributed by atoms with Gasteiger partial charge in [-0.2, -0.15) is 0 Å². The fourth-order valence-electron chi connectivity index (χ4n) is 5.24. The van der Waals surface area contributed by atoms with Crippen molar-refractivity contribution in [3.05, 3.63) is 75.8 Å². The fraction of sp³-hybridized carbons (Fsp3) is 0.429. The lowest BCUT2D eigenvalue weighted by Gasteiger charge is -2.33. The Balaban J connectivity index is 1.40. The van der Waals surface area contributed by atoms with Crippen molar-refractivity contribution < 1.29 is 19.9 Å². The summed E-state index contributed by atoms with van der Waals surface area (Å²) < 4.78 is 5.03. The number of phenolic OH excluding ortho intramolecular Hbond substituents is 1. The van der Waals surface area contributed by atoms with Gasteiger partial charge in [-0.25, -0.2) is 0 Å². The number of aliphatic hydroxyl groups excluding tert-OH is 1. The lowest BCUT2D eigenvalue weighted by Crippen LogP contribution is -2.50. The predicted molar refractivity (Wildman–Crippen MR) is 140 cm³/mol. The largest absolute Gasteiger partial charge is 0.500 e. The lowest BCUT2D eigenvalue weighted by atomic mass is 9.93. The third-order valence-electron chi connectivity index (χ3n) is 7.08. The molecule has 0 spiro atoms. The number of phenols is 1. The molecule has 192 valence electrons. The number of aromatic hydroxyl groups is 1. The van der Waals surface area contributed by atoms with Gasteiger partial charge in [-0.1, -0.05) is 42.5 Å². The molecule has 1 aliphatic rings. The molecule has 1 aliphatic heterocycles. The Morgan fingerprint density at radius 2 is 1.94 bits per heavy atom. The van der Waals surface area contributed by atoms with Gasteiger partial charge < -0.3 is 20.3 Å². The monoisotopic (exact) mass is 493 g/mol. The average Bonchev–Trinajstić information content (AvgIpc) is 3.30. The molecule has 2 atom stereocenters. The molecule has 8 heteroatoms. The number of nitro benzene ring substituents is 1. The molecule has 4 rings (SSSR count). The average molecular weight is 494 g/mol. The van der Waals surface area contributed by atoms with E-state index in [9.17, 15) is 20.3 Å². The number of benzene rings is 3. The Hall–Kier alpha value is -3.20. The molecule has 1 fully saturated rings. The zero-order valence-electron chi connectivity index (χ0n) is 21.1. The molecule has 0 aromatic heterocycles. The molecule has 0 amide bonds. The first-order chi connectivity index (χ1) is 17.2. The standard InChI is InChI=1S/C28H35N3O5/c1-28(2,16-19-10-11-20-7-4-5-8-21(20)15-19)29-17-24(32)23-9-6-14-30(23)18-22-12-13-25(36-3)27(33)26(22)31(34)35/h4-5,7-8,10-13,15,23-24,29,32-33H,6,9,14,16-18H2,1-3H3/t23-,24-/m1/s1. The third kappa shape index (κ3) is 5.78. The summed E-state index contributed by atoms with van der Waals surface area (Å²) in [4.78, 5) is 13.1. The van der Waals surface area contributed by atoms with Crippen molar-refractivity contribution in [2.45, 2.75) is 57.3 Å². The van der Waals surface area contributed by atoms with Gasteiger partial charge >= 0.3 is 5.69 Å². The molecule has 3 N–H and O–H groups in total. The van der Waals surface area contributed by atoms with Crippen molar-refractivity contribution in [1.29, 1.82) is 0 Å². The lowest BCUT2D eigenvalue weighted by molar-refractivity contribution is -0.386. The van der Waals surface area contributed by atoms with Gasteiger partial charge in [0.2, 0.25) is 5.75 Å². The summed E-state index contributed by atoms with van der Waals surface area (Å²) in [5.41, 5.74) is 1.06. The highest BCUT2D eigenvalue weighted by Crippen LogP contribution is 2.39. The normalized spacial score (nSPS) is 17.4. The van der Waals surface area contributed by atoms with Crippen LogP contribution in [0.25, 0.3) is 10.8 Å². The van der Waals surface area contributed by atoms with Crippen LogP contribution in [0.5, 0.6) is 11.5 Å². The van der Waals surface area contributed by atoms with Crippen LogP contribution in [-0.2, 0) is 13.0 Å². The van der Waals surface area contributed by atoms with Crippen molar-refractivity contribution in [2.24, 2.45) is 0 Å². The summed E-state index contributed by atoms with van der Waals surface area (Å²) in [5, 5.41) is 39.0. The second-order valence-electron chi connectivity index (χ2n) is 10.3. The highest BCUT2D eigenvalue weighted by Gasteiger charge is 2.34. The van der Waals surface area contributed by atoms with E-state index in [0.29, 0.717) is 12.1 Å². The summed E-state index contributed by atoms with van der Waals surface area (Å²) >= 11 is 0. The van der Waals surface area contributed by atoms with E-state index in [1.807, 2.05) is 12.1 Å². The summed E-state index contributed by atoms with van der Waals surface area (Å²) in [6.07, 6.45) is 1.90. The van der Waals surface area contributed by atoms with E-state index in [-0.39, 0.29) is 29.6 Å². The van der Waals surface area contributed by atoms with Gasteiger partial charge in [-0.05, 0) is 68.1 Å². The van der Waals surface area contributed by atoms with Crippen molar-refractivity contribution in [3.8, 4) is 11.5 Å². The number of hydrogen-bond acceptors (Lipinski definition) is 7. The van der Waals surface area contributed by atoms with Gasteiger partial charge in [0, 0.05) is 30.2 Å². The highest BCUT2D eigenvalue weighted by molar-refractivity contribution is 5.83. The number of nitro groups is 1. The number of methoxy groups -OCH3 is 1. The number of likely N-dealkylation sites (tertiary alicyclic amines) is 1. The zero-order chi connectivity index (χ0) is 25.9. The van der Waals surface area contributed by atoms with E-state index >= 15 is 0 Å². The van der Waals surface area contributed by atoms with Gasteiger partial charge in [0.15, 0.2) is 5.75 Å². The van der Waals surface area contributed by atoms with Crippen molar-refractivity contribution in [1.82, 2.24) is 10.2 Å². The van der Waals surface area contributed by atoms with Crippen LogP contribution >= 0.6 is 0 Å². The second kappa shape index (κ2) is 10.8. The van der Waals surface area contributed by atoms with Gasteiger partial charge in [-0.15, -0.1) is 0 Å². The van der Waals surface area contributed by atoms with E-state index in [1.165, 1.54) is 29.5 Å². The molecule has 1 heterocycles. The molecule has 0 aliphatic carbocycles. The summed E-state index contributed by atoms with van der Waals surface area (Å²) in [7, 11) is 1.36. The minimum Gasteiger partial charge on any atom is -0.500 e. The maximum Gasteiger partial charge on any atom is 0.319 e. The van der Waals surface area contributed by atoms with Crippen molar-refractivity contribution in [3.63, 3.8) is 0 Å². The molecule has 0 bridgehead atoms. The van der Waals surface area contributed by atoms with Crippen LogP contribution in [0.15, 0.2) is 54.6 Å². The Labute approximate surface area is 211 Å². The molecular weight excluding hydrogens is 458 g/mol. The second-order valence-corrected chi connectivity index (χ2v) is 10.3. The molecule has 1 saturated heterocycles. The first kappa shape index (κ1) is 25.9. The van der Waals surface area contributed by atoms with E-state index < -0.39 is 16.8 Å². The van der Waals surface area contributed by atoms with E-state index in [2.05, 4.69) is 54.4 Å². The number of nitrogens with zero attached hydrogens (tertiary/aromatic N) is 2. The van der Waals surface area contributed by atoms with Crippen LogP contribution < -0.4 is 10.1 Å². The molecular formula is C28H35N3O5. The number of ether oxygens (including phenoxy) is 1. The van der Waals surface area contributed by atoms with Gasteiger partial charge in [-0.3, -0.25) is 15.0 Å². The van der Waals surface area contributed by atoms with Crippen molar-refractivity contribution in [2.75, 3.05) is 20.2 Å². The van der Waals surface area contributed by atoms with E-state index in [4.69, 9.17) is 4.74 Å². The number of nitrogens with one attached hydrogen (secondary N) is 1. The first-order valence-corrected chi connectivity index (χ1v) is 12.4. The summed E-state index contributed by atoms with van der Waals surface area (Å²) in [6, 6.07) is 17.8. The van der Waals surface area contributed by atoms with E-state index in [1.54, 1.807) is 6.07 Å². The van der Waals surface area contributed by atoms with Crippen LogP contribution in [0.2, 0.25) is 0 Å². The van der Waals surface area contributed by atoms with Crippen LogP contribution in [0.3, 0.4) is 0 Å². The Morgan fingerprint density at radius 1 is 1.19 bits per heavy atom. The van der Waals surface area contributed by atoms with Crippen LogP contribution in [0, 0.1) is 10.1 Å². The van der Waals surface area contributed by atoms with Crippen molar-refractivity contribution >= 4 is 16.5 Å². The molecule has 3 aromatic rings. The first-order valence-electron chi connectivity index (χ1n) is 12.4. The number of β-amino-alcohol motifs (C(OH)–C–C–N with tert-alkyl or cyclic N) is 1. The van der Waals surface area contributed by atoms with Crippen LogP contribution in [-0.4, -0.2) is 57.9 Å². The minimum absolute atomic E-state index is 0.0706. The number of rotatable bonds is 10. The maximum atomic E-state index is 11.6. The maximum absolute atomic E-state index is 11.6. The number of fused-ring (bicyclic) bond motifs is 1. The van der Waals surface area contributed by atoms with Gasteiger partial charge in [0.25, 0.3) is 0 Å². The number of hydrogen-bond donors (Lipinski definition) is 3. The highest BCUT2D eigenvalue weighted by atomic mass is 16.6. The van der Waals surface area contributed by atoms with Crippen LogP contribution in [0.4, 0.5) is 5.69 Å². The Kier molecular flexibility index (Phi) is 7.78. The molecule has 0 saturated carbocycles. The minimum atomic E-state index is -0.630. The third-order valence-corrected chi connectivity index (χ3v) is 7.08. The van der Waals surface area contributed by atoms with Crippen LogP contribution in [0.1, 0.15) is 37.8 Å². The molecule has 3 aromatic carbocycles. The smallest absolute Gasteiger partial charge is 0.319 e. The number of aliphatic hydroxyl groups is 1. The molecule has 0 radical (unpaired) electrons. The topological polar surface area (TPSA) is 108 Å². The zero-order valence-corrected chi connectivity index (χ0v) is 21.1. The summed E-state index contributed by atoms with van der Waals surface area (Å²) in [5.74, 6) is -0.394. The SMILES string of the molecule is COc1ccc(CN2CCC[C@@H]2[C@H](O)CNC(C)(C)Cc2ccc3ccccc3c2)c([N+](=O)[O-])c1O. The summed E-state index contributed by atoms with van der Waals surface area (Å²) in [6.45, 7) is 5.68. The molecule has 0 unspecified atom stereocenters.